The summed E-state index contributed by atoms with van der Waals surface area (Å²) >= 11 is 0. The molecule has 1 amide bonds. The molecule has 1 atom stereocenters. The summed E-state index contributed by atoms with van der Waals surface area (Å²) in [5.41, 5.74) is 6.31. The molecule has 1 saturated heterocycles. The molecule has 19 heavy (non-hydrogen) atoms. The van der Waals surface area contributed by atoms with Gasteiger partial charge in [0.05, 0.1) is 25.4 Å². The number of anilines is 1. The topological polar surface area (TPSA) is 64.8 Å². The minimum Gasteiger partial charge on any atom is -0.495 e. The number of carbonyl (C=O) groups is 1. The Kier molecular flexibility index (Phi) is 4.76. The first kappa shape index (κ1) is 13.8. The van der Waals surface area contributed by atoms with Gasteiger partial charge in [0.2, 0.25) is 0 Å². The van der Waals surface area contributed by atoms with Crippen LogP contribution in [0, 0.1) is 0 Å². The van der Waals surface area contributed by atoms with Crippen molar-refractivity contribution < 1.29 is 14.3 Å². The molecular formula is C14H20N2O3. The lowest BCUT2D eigenvalue weighted by Gasteiger charge is -2.33. The maximum atomic E-state index is 12.0. The summed E-state index contributed by atoms with van der Waals surface area (Å²) in [6.07, 6.45) is 1.82. The Morgan fingerprint density at radius 3 is 3.00 bits per heavy atom. The number of para-hydroxylation sites is 2. The van der Waals surface area contributed by atoms with E-state index in [9.17, 15) is 4.79 Å². The third kappa shape index (κ3) is 3.24. The zero-order valence-electron chi connectivity index (χ0n) is 11.2. The molecule has 0 aliphatic carbocycles. The molecule has 2 rings (SSSR count). The van der Waals surface area contributed by atoms with Crippen LogP contribution < -0.4 is 15.4 Å². The van der Waals surface area contributed by atoms with Crippen molar-refractivity contribution in [2.75, 3.05) is 31.7 Å². The summed E-state index contributed by atoms with van der Waals surface area (Å²) in [6.45, 7) is 1.31. The van der Waals surface area contributed by atoms with E-state index in [0.717, 1.165) is 18.5 Å². The summed E-state index contributed by atoms with van der Waals surface area (Å²) < 4.78 is 10.8. The second-order valence-electron chi connectivity index (χ2n) is 4.54. The van der Waals surface area contributed by atoms with Crippen LogP contribution in [0.1, 0.15) is 12.8 Å². The van der Waals surface area contributed by atoms with Crippen LogP contribution in [-0.2, 0) is 9.53 Å². The van der Waals surface area contributed by atoms with E-state index in [0.29, 0.717) is 18.8 Å². The first-order chi connectivity index (χ1) is 9.26. The number of benzene rings is 1. The molecule has 5 heteroatoms. The Balaban J connectivity index is 2.14. The van der Waals surface area contributed by atoms with Crippen LogP contribution >= 0.6 is 0 Å². The highest BCUT2D eigenvalue weighted by Crippen LogP contribution is 2.29. The molecule has 1 aromatic carbocycles. The number of methoxy groups -OCH3 is 1. The third-order valence-corrected chi connectivity index (χ3v) is 3.24. The smallest absolute Gasteiger partial charge is 0.253 e. The molecule has 2 N–H and O–H groups in total. The van der Waals surface area contributed by atoms with Gasteiger partial charge in [-0.15, -0.1) is 0 Å². The van der Waals surface area contributed by atoms with Gasteiger partial charge in [-0.1, -0.05) is 12.1 Å². The van der Waals surface area contributed by atoms with E-state index in [1.807, 2.05) is 24.3 Å². The second kappa shape index (κ2) is 6.54. The normalized spacial score (nSPS) is 19.6. The van der Waals surface area contributed by atoms with Crippen LogP contribution in [0.15, 0.2) is 24.3 Å². The number of hydrogen-bond acceptors (Lipinski definition) is 4. The van der Waals surface area contributed by atoms with Gasteiger partial charge >= 0.3 is 0 Å². The molecule has 0 aromatic heterocycles. The second-order valence-corrected chi connectivity index (χ2v) is 4.54. The number of ether oxygens (including phenoxy) is 2. The average molecular weight is 264 g/mol. The number of amides is 1. The molecule has 1 aliphatic rings. The lowest BCUT2D eigenvalue weighted by molar-refractivity contribution is -0.129. The van der Waals surface area contributed by atoms with E-state index in [2.05, 4.69) is 0 Å². The standard InChI is InChI=1S/C14H20N2O3/c1-18-13-7-3-2-6-12(13)16-9-11(5-4-8-15)19-10-14(16)17/h2-3,6-7,11H,4-5,8-10,15H2,1H3. The van der Waals surface area contributed by atoms with E-state index in [1.165, 1.54) is 0 Å². The fourth-order valence-corrected chi connectivity index (χ4v) is 2.23. The van der Waals surface area contributed by atoms with Crippen molar-refractivity contribution in [3.8, 4) is 5.75 Å². The Morgan fingerprint density at radius 1 is 1.47 bits per heavy atom. The largest absolute Gasteiger partial charge is 0.495 e. The van der Waals surface area contributed by atoms with Crippen molar-refractivity contribution in [2.24, 2.45) is 5.73 Å². The molecule has 0 saturated carbocycles. The highest BCUT2D eigenvalue weighted by molar-refractivity contribution is 5.96. The minimum absolute atomic E-state index is 0.0338. The molecule has 5 nitrogen and oxygen atoms in total. The van der Waals surface area contributed by atoms with Gasteiger partial charge in [0.1, 0.15) is 12.4 Å². The Bertz CT molecular complexity index is 436. The van der Waals surface area contributed by atoms with Crippen molar-refractivity contribution in [3.05, 3.63) is 24.3 Å². The van der Waals surface area contributed by atoms with E-state index < -0.39 is 0 Å². The molecule has 1 unspecified atom stereocenters. The summed E-state index contributed by atoms with van der Waals surface area (Å²) in [5, 5.41) is 0. The molecule has 0 spiro atoms. The first-order valence-corrected chi connectivity index (χ1v) is 6.51. The summed E-state index contributed by atoms with van der Waals surface area (Å²) in [7, 11) is 1.61. The predicted molar refractivity (Wildman–Crippen MR) is 73.4 cm³/mol. The van der Waals surface area contributed by atoms with Gasteiger partial charge in [-0.2, -0.15) is 0 Å². The summed E-state index contributed by atoms with van der Waals surface area (Å²) in [4.78, 5) is 13.7. The maximum Gasteiger partial charge on any atom is 0.253 e. The lowest BCUT2D eigenvalue weighted by Crippen LogP contribution is -2.47. The average Bonchev–Trinajstić information content (AvgIpc) is 2.46. The van der Waals surface area contributed by atoms with Crippen LogP contribution in [0.5, 0.6) is 5.75 Å². The predicted octanol–water partition coefficient (Wildman–Crippen LogP) is 1.17. The molecule has 104 valence electrons. The molecule has 1 heterocycles. The number of nitrogens with zero attached hydrogens (tertiary/aromatic N) is 1. The SMILES string of the molecule is COc1ccccc1N1CC(CCCN)OCC1=O. The van der Waals surface area contributed by atoms with Crippen molar-refractivity contribution in [2.45, 2.75) is 18.9 Å². The molecule has 0 radical (unpaired) electrons. The number of carbonyl (C=O) groups excluding carboxylic acids is 1. The number of hydrogen-bond donors (Lipinski definition) is 1. The van der Waals surface area contributed by atoms with Gasteiger partial charge in [-0.25, -0.2) is 0 Å². The van der Waals surface area contributed by atoms with Crippen LogP contribution in [0.2, 0.25) is 0 Å². The number of morpholine rings is 1. The molecule has 1 aromatic rings. The Labute approximate surface area is 113 Å². The van der Waals surface area contributed by atoms with Crippen LogP contribution in [0.25, 0.3) is 0 Å². The van der Waals surface area contributed by atoms with Gasteiger partial charge in [-0.05, 0) is 31.5 Å². The van der Waals surface area contributed by atoms with E-state index in [1.54, 1.807) is 12.0 Å². The quantitative estimate of drug-likeness (QED) is 0.867. The maximum absolute atomic E-state index is 12.0. The van der Waals surface area contributed by atoms with Crippen molar-refractivity contribution >= 4 is 11.6 Å². The number of nitrogens with two attached hydrogens (primary N) is 1. The number of rotatable bonds is 5. The summed E-state index contributed by atoms with van der Waals surface area (Å²) in [6, 6.07) is 7.53. The van der Waals surface area contributed by atoms with E-state index in [-0.39, 0.29) is 18.6 Å². The molecule has 1 aliphatic heterocycles. The first-order valence-electron chi connectivity index (χ1n) is 6.51. The molecule has 1 fully saturated rings. The van der Waals surface area contributed by atoms with E-state index >= 15 is 0 Å². The van der Waals surface area contributed by atoms with Crippen LogP contribution in [0.4, 0.5) is 5.69 Å². The van der Waals surface area contributed by atoms with Crippen LogP contribution in [0.3, 0.4) is 0 Å². The van der Waals surface area contributed by atoms with Crippen LogP contribution in [-0.4, -0.2) is 38.8 Å². The molecular weight excluding hydrogens is 244 g/mol. The van der Waals surface area contributed by atoms with E-state index in [4.69, 9.17) is 15.2 Å². The summed E-state index contributed by atoms with van der Waals surface area (Å²) in [5.74, 6) is 0.670. The van der Waals surface area contributed by atoms with Gasteiger partial charge in [0.25, 0.3) is 5.91 Å². The molecule has 0 bridgehead atoms. The van der Waals surface area contributed by atoms with Gasteiger partial charge in [-0.3, -0.25) is 4.79 Å². The highest BCUT2D eigenvalue weighted by Gasteiger charge is 2.28. The zero-order chi connectivity index (χ0) is 13.7. The lowest BCUT2D eigenvalue weighted by atomic mass is 10.1. The minimum atomic E-state index is -0.0338. The fourth-order valence-electron chi connectivity index (χ4n) is 2.23. The van der Waals surface area contributed by atoms with Gasteiger partial charge < -0.3 is 20.1 Å². The Morgan fingerprint density at radius 2 is 2.26 bits per heavy atom. The monoisotopic (exact) mass is 264 g/mol. The van der Waals surface area contributed by atoms with Crippen molar-refractivity contribution in [1.82, 2.24) is 0 Å². The van der Waals surface area contributed by atoms with Gasteiger partial charge in [0.15, 0.2) is 0 Å². The third-order valence-electron chi connectivity index (χ3n) is 3.24. The highest BCUT2D eigenvalue weighted by atomic mass is 16.5. The Hall–Kier alpha value is -1.59. The van der Waals surface area contributed by atoms with Gasteiger partial charge in [0, 0.05) is 0 Å². The van der Waals surface area contributed by atoms with Crippen molar-refractivity contribution in [1.29, 1.82) is 0 Å². The van der Waals surface area contributed by atoms with Crippen molar-refractivity contribution in [3.63, 3.8) is 0 Å². The fraction of sp³-hybridized carbons (Fsp3) is 0.500. The zero-order valence-corrected chi connectivity index (χ0v) is 11.2.